The molecule has 0 saturated heterocycles. The minimum atomic E-state index is -0.875. The van der Waals surface area contributed by atoms with Crippen LogP contribution in [0, 0.1) is 19.3 Å². The van der Waals surface area contributed by atoms with Gasteiger partial charge in [0.05, 0.1) is 6.04 Å². The van der Waals surface area contributed by atoms with Crippen molar-refractivity contribution in [1.82, 2.24) is 9.55 Å². The molecular formula is C12H12N2O3. The normalized spacial score (nSPS) is 28.5. The Morgan fingerprint density at radius 1 is 1.59 bits per heavy atom. The summed E-state index contributed by atoms with van der Waals surface area (Å²) in [7, 11) is 0. The zero-order valence-electron chi connectivity index (χ0n) is 9.60. The predicted molar refractivity (Wildman–Crippen MR) is 60.7 cm³/mol. The zero-order chi connectivity index (χ0) is 12.4. The number of aryl methyl sites for hydroxylation is 1. The molecule has 0 bridgehead atoms. The van der Waals surface area contributed by atoms with Crippen LogP contribution in [0.25, 0.3) is 6.08 Å². The van der Waals surface area contributed by atoms with E-state index in [1.54, 1.807) is 26.0 Å². The van der Waals surface area contributed by atoms with Gasteiger partial charge in [-0.05, 0) is 26.3 Å². The van der Waals surface area contributed by atoms with Crippen LogP contribution < -0.4 is 5.56 Å². The zero-order valence-corrected chi connectivity index (χ0v) is 9.60. The van der Waals surface area contributed by atoms with E-state index in [2.05, 4.69) is 4.98 Å². The van der Waals surface area contributed by atoms with E-state index in [0.717, 1.165) is 0 Å². The fraction of sp³-hybridized carbons (Fsp3) is 0.417. The molecule has 5 heteroatoms. The summed E-state index contributed by atoms with van der Waals surface area (Å²) in [5.41, 5.74) is 0.301. The topological polar surface area (TPSA) is 72.2 Å². The fourth-order valence-corrected chi connectivity index (χ4v) is 2.45. The van der Waals surface area contributed by atoms with Crippen molar-refractivity contribution in [2.75, 3.05) is 0 Å². The van der Waals surface area contributed by atoms with Crippen LogP contribution in [0.15, 0.2) is 10.9 Å². The molecule has 2 unspecified atom stereocenters. The molecule has 2 aliphatic rings. The quantitative estimate of drug-likeness (QED) is 0.780. The average Bonchev–Trinajstić information content (AvgIpc) is 3.01. The summed E-state index contributed by atoms with van der Waals surface area (Å²) in [6.07, 6.45) is 3.79. The third-order valence-electron chi connectivity index (χ3n) is 3.82. The van der Waals surface area contributed by atoms with Crippen molar-refractivity contribution in [3.63, 3.8) is 0 Å². The van der Waals surface area contributed by atoms with Crippen LogP contribution in [0.1, 0.15) is 29.5 Å². The lowest BCUT2D eigenvalue weighted by molar-refractivity contribution is -0.141. The van der Waals surface area contributed by atoms with Gasteiger partial charge in [-0.15, -0.1) is 0 Å². The summed E-state index contributed by atoms with van der Waals surface area (Å²) in [6, 6.07) is -0.265. The second-order valence-electron chi connectivity index (χ2n) is 4.75. The van der Waals surface area contributed by atoms with E-state index in [0.29, 0.717) is 23.5 Å². The van der Waals surface area contributed by atoms with Crippen molar-refractivity contribution in [2.24, 2.45) is 5.41 Å². The smallest absolute Gasteiger partial charge is 0.315 e. The molecule has 3 rings (SSSR count). The second kappa shape index (κ2) is 2.85. The van der Waals surface area contributed by atoms with Crippen molar-refractivity contribution in [2.45, 2.75) is 26.3 Å². The van der Waals surface area contributed by atoms with E-state index in [1.165, 1.54) is 4.57 Å². The number of carboxylic acids is 1. The van der Waals surface area contributed by atoms with Gasteiger partial charge < -0.3 is 5.11 Å². The van der Waals surface area contributed by atoms with Gasteiger partial charge in [0.2, 0.25) is 0 Å². The molecule has 1 aliphatic heterocycles. The summed E-state index contributed by atoms with van der Waals surface area (Å²) in [5.74, 6) is -0.299. The predicted octanol–water partition coefficient (Wildman–Crippen LogP) is 0.903. The number of hydrogen-bond acceptors (Lipinski definition) is 3. The van der Waals surface area contributed by atoms with Gasteiger partial charge in [-0.2, -0.15) is 0 Å². The van der Waals surface area contributed by atoms with Crippen LogP contribution in [0.3, 0.4) is 0 Å². The van der Waals surface area contributed by atoms with Crippen molar-refractivity contribution < 1.29 is 9.90 Å². The number of nitrogens with zero attached hydrogens (tertiary/aromatic N) is 2. The molecule has 2 heterocycles. The number of hydrogen-bond donors (Lipinski definition) is 1. The van der Waals surface area contributed by atoms with Gasteiger partial charge in [0, 0.05) is 11.3 Å². The summed E-state index contributed by atoms with van der Waals surface area (Å²) in [4.78, 5) is 27.7. The third-order valence-corrected chi connectivity index (χ3v) is 3.82. The lowest BCUT2D eigenvalue weighted by Gasteiger charge is -2.18. The van der Waals surface area contributed by atoms with Gasteiger partial charge in [-0.3, -0.25) is 14.2 Å². The van der Waals surface area contributed by atoms with Crippen LogP contribution >= 0.6 is 0 Å². The van der Waals surface area contributed by atoms with Gasteiger partial charge in [0.1, 0.15) is 11.2 Å². The Balaban J connectivity index is 2.25. The highest BCUT2D eigenvalue weighted by atomic mass is 16.4. The van der Waals surface area contributed by atoms with E-state index in [4.69, 9.17) is 0 Å². The highest BCUT2D eigenvalue weighted by Crippen LogP contribution is 2.59. The molecule has 88 valence electrons. The number of aromatic nitrogens is 2. The maximum Gasteiger partial charge on any atom is 0.315 e. The van der Waals surface area contributed by atoms with E-state index < -0.39 is 11.4 Å². The summed E-state index contributed by atoms with van der Waals surface area (Å²) >= 11 is 0. The molecule has 2 atom stereocenters. The second-order valence-corrected chi connectivity index (χ2v) is 4.75. The van der Waals surface area contributed by atoms with Gasteiger partial charge in [0.15, 0.2) is 0 Å². The summed E-state index contributed by atoms with van der Waals surface area (Å²) < 4.78 is 1.52. The van der Waals surface area contributed by atoms with E-state index in [9.17, 15) is 14.7 Å². The Labute approximate surface area is 97.4 Å². The van der Waals surface area contributed by atoms with Crippen LogP contribution in [-0.2, 0) is 4.79 Å². The van der Waals surface area contributed by atoms with Crippen LogP contribution in [0.4, 0.5) is 0 Å². The summed E-state index contributed by atoms with van der Waals surface area (Å²) in [6.45, 7) is 3.51. The standard InChI is InChI=1S/C12H12N2O3/c1-6-7(2)13-9-3-4-12(11(16)17)5-8(12)14(9)10(6)15/h3-4,8H,5H2,1-2H3,(H,16,17). The largest absolute Gasteiger partial charge is 0.481 e. The molecule has 17 heavy (non-hydrogen) atoms. The van der Waals surface area contributed by atoms with E-state index in [1.807, 2.05) is 0 Å². The number of rotatable bonds is 1. The SMILES string of the molecule is Cc1nc2n(c(=O)c1C)C1CC1(C(=O)O)C=C2. The van der Waals surface area contributed by atoms with Crippen LogP contribution in [0.2, 0.25) is 0 Å². The first kappa shape index (κ1) is 10.3. The Kier molecular flexibility index (Phi) is 1.72. The molecule has 0 spiro atoms. The molecule has 1 N–H and O–H groups in total. The number of carboxylic acid groups (broad SMARTS) is 1. The number of fused-ring (bicyclic) bond motifs is 3. The summed E-state index contributed by atoms with van der Waals surface area (Å²) in [5, 5.41) is 9.19. The third kappa shape index (κ3) is 1.11. The van der Waals surface area contributed by atoms with E-state index in [-0.39, 0.29) is 11.6 Å². The Bertz CT molecular complexity index is 629. The molecular weight excluding hydrogens is 220 g/mol. The first-order chi connectivity index (χ1) is 7.97. The van der Waals surface area contributed by atoms with Crippen LogP contribution in [0.5, 0.6) is 0 Å². The Morgan fingerprint density at radius 3 is 2.94 bits per heavy atom. The molecule has 1 aromatic heterocycles. The lowest BCUT2D eigenvalue weighted by Crippen LogP contribution is -2.31. The Morgan fingerprint density at radius 2 is 2.29 bits per heavy atom. The Hall–Kier alpha value is -1.91. The molecule has 5 nitrogen and oxygen atoms in total. The number of aliphatic carboxylic acids is 1. The molecule has 0 aromatic carbocycles. The first-order valence-electron chi connectivity index (χ1n) is 5.50. The van der Waals surface area contributed by atoms with Crippen molar-refractivity contribution >= 4 is 12.0 Å². The van der Waals surface area contributed by atoms with Gasteiger partial charge in [-0.1, -0.05) is 6.08 Å². The molecule has 1 fully saturated rings. The molecule has 0 radical (unpaired) electrons. The van der Waals surface area contributed by atoms with Gasteiger partial charge in [0.25, 0.3) is 5.56 Å². The molecule has 1 saturated carbocycles. The maximum atomic E-state index is 12.1. The average molecular weight is 232 g/mol. The highest BCUT2D eigenvalue weighted by molar-refractivity contribution is 5.84. The molecule has 1 aliphatic carbocycles. The van der Waals surface area contributed by atoms with Crippen LogP contribution in [-0.4, -0.2) is 20.6 Å². The van der Waals surface area contributed by atoms with Gasteiger partial charge >= 0.3 is 5.97 Å². The minimum Gasteiger partial charge on any atom is -0.481 e. The van der Waals surface area contributed by atoms with Crippen molar-refractivity contribution in [1.29, 1.82) is 0 Å². The minimum absolute atomic E-state index is 0.120. The highest BCUT2D eigenvalue weighted by Gasteiger charge is 2.62. The van der Waals surface area contributed by atoms with E-state index >= 15 is 0 Å². The fourth-order valence-electron chi connectivity index (χ4n) is 2.45. The monoisotopic (exact) mass is 232 g/mol. The van der Waals surface area contributed by atoms with Crippen molar-refractivity contribution in [3.05, 3.63) is 33.5 Å². The lowest BCUT2D eigenvalue weighted by atomic mass is 10.0. The molecule has 1 aromatic rings. The molecule has 0 amide bonds. The van der Waals surface area contributed by atoms with Crippen molar-refractivity contribution in [3.8, 4) is 0 Å². The number of carbonyl (C=O) groups is 1. The van der Waals surface area contributed by atoms with Gasteiger partial charge in [-0.25, -0.2) is 4.98 Å². The first-order valence-corrected chi connectivity index (χ1v) is 5.50. The maximum absolute atomic E-state index is 12.1.